The van der Waals surface area contributed by atoms with Crippen molar-refractivity contribution in [1.29, 1.82) is 0 Å². The minimum Gasteiger partial charge on any atom is -0.355 e. The van der Waals surface area contributed by atoms with E-state index in [0.29, 0.717) is 5.56 Å². The maximum Gasteiger partial charge on any atom is 0.251 e. The van der Waals surface area contributed by atoms with Gasteiger partial charge >= 0.3 is 0 Å². The first-order valence-corrected chi connectivity index (χ1v) is 7.23. The lowest BCUT2D eigenvalue weighted by atomic mass is 10.2. The molecule has 1 rings (SSSR count). The SMILES string of the molecule is CC[C@H](C)NS(=O)(=O)c1ccc(C(=O)NC)cc1. The van der Waals surface area contributed by atoms with Crippen molar-refractivity contribution >= 4 is 15.9 Å². The highest BCUT2D eigenvalue weighted by molar-refractivity contribution is 7.89. The van der Waals surface area contributed by atoms with Gasteiger partial charge in [0.1, 0.15) is 0 Å². The Bertz CT molecular complexity index is 509. The Morgan fingerprint density at radius 1 is 1.28 bits per heavy atom. The van der Waals surface area contributed by atoms with Crippen molar-refractivity contribution in [2.45, 2.75) is 31.2 Å². The number of benzene rings is 1. The molecule has 18 heavy (non-hydrogen) atoms. The smallest absolute Gasteiger partial charge is 0.251 e. The second-order valence-electron chi connectivity index (χ2n) is 4.03. The van der Waals surface area contributed by atoms with Crippen LogP contribution >= 0.6 is 0 Å². The number of hydrogen-bond acceptors (Lipinski definition) is 3. The van der Waals surface area contributed by atoms with E-state index in [2.05, 4.69) is 10.0 Å². The van der Waals surface area contributed by atoms with Gasteiger partial charge in [-0.2, -0.15) is 0 Å². The van der Waals surface area contributed by atoms with E-state index in [1.54, 1.807) is 6.92 Å². The number of sulfonamides is 1. The van der Waals surface area contributed by atoms with E-state index in [0.717, 1.165) is 6.42 Å². The first kappa shape index (κ1) is 14.7. The molecule has 0 aromatic heterocycles. The molecule has 100 valence electrons. The van der Waals surface area contributed by atoms with Crippen molar-refractivity contribution < 1.29 is 13.2 Å². The molecule has 0 saturated heterocycles. The summed E-state index contributed by atoms with van der Waals surface area (Å²) in [6.07, 6.45) is 0.718. The Kier molecular flexibility index (Phi) is 4.86. The maximum absolute atomic E-state index is 11.9. The van der Waals surface area contributed by atoms with Crippen molar-refractivity contribution in [1.82, 2.24) is 10.0 Å². The number of rotatable bonds is 5. The van der Waals surface area contributed by atoms with Crippen LogP contribution < -0.4 is 10.0 Å². The highest BCUT2D eigenvalue weighted by atomic mass is 32.2. The molecule has 0 spiro atoms. The molecule has 0 unspecified atom stereocenters. The van der Waals surface area contributed by atoms with Gasteiger partial charge in [0.05, 0.1) is 4.90 Å². The van der Waals surface area contributed by atoms with E-state index >= 15 is 0 Å². The number of nitrogens with one attached hydrogen (secondary N) is 2. The lowest BCUT2D eigenvalue weighted by Gasteiger charge is -2.12. The zero-order chi connectivity index (χ0) is 13.8. The Morgan fingerprint density at radius 3 is 2.28 bits per heavy atom. The van der Waals surface area contributed by atoms with Crippen LogP contribution in [0.4, 0.5) is 0 Å². The molecular formula is C12H18N2O3S. The van der Waals surface area contributed by atoms with Crippen molar-refractivity contribution in [3.63, 3.8) is 0 Å². The van der Waals surface area contributed by atoms with Gasteiger partial charge in [0.15, 0.2) is 0 Å². The third-order valence-corrected chi connectivity index (χ3v) is 4.23. The second-order valence-corrected chi connectivity index (χ2v) is 5.75. The van der Waals surface area contributed by atoms with Gasteiger partial charge in [-0.25, -0.2) is 13.1 Å². The fourth-order valence-electron chi connectivity index (χ4n) is 1.35. The number of carbonyl (C=O) groups excluding carboxylic acids is 1. The molecule has 5 nitrogen and oxygen atoms in total. The third kappa shape index (κ3) is 3.54. The Morgan fingerprint density at radius 2 is 1.83 bits per heavy atom. The lowest BCUT2D eigenvalue weighted by Crippen LogP contribution is -2.32. The number of hydrogen-bond donors (Lipinski definition) is 2. The molecule has 1 aromatic rings. The molecule has 0 radical (unpaired) electrons. The van der Waals surface area contributed by atoms with Crippen LogP contribution in [-0.2, 0) is 10.0 Å². The summed E-state index contributed by atoms with van der Waals surface area (Å²) in [6, 6.07) is 5.71. The predicted octanol–water partition coefficient (Wildman–Crippen LogP) is 1.12. The highest BCUT2D eigenvalue weighted by Gasteiger charge is 2.16. The largest absolute Gasteiger partial charge is 0.355 e. The average Bonchev–Trinajstić information content (AvgIpc) is 2.37. The minimum absolute atomic E-state index is 0.117. The molecule has 0 aliphatic carbocycles. The number of carbonyl (C=O) groups is 1. The maximum atomic E-state index is 11.9. The molecule has 0 heterocycles. The van der Waals surface area contributed by atoms with Crippen LogP contribution in [0, 0.1) is 0 Å². The van der Waals surface area contributed by atoms with Crippen molar-refractivity contribution in [3.05, 3.63) is 29.8 Å². The summed E-state index contributed by atoms with van der Waals surface area (Å²) in [4.78, 5) is 11.5. The molecule has 2 N–H and O–H groups in total. The van der Waals surface area contributed by atoms with E-state index in [9.17, 15) is 13.2 Å². The predicted molar refractivity (Wildman–Crippen MR) is 69.9 cm³/mol. The Labute approximate surface area is 108 Å². The molecule has 1 amide bonds. The van der Waals surface area contributed by atoms with Gasteiger partial charge in [-0.05, 0) is 37.6 Å². The Balaban J connectivity index is 2.94. The molecule has 1 atom stereocenters. The summed E-state index contributed by atoms with van der Waals surface area (Å²) in [6.45, 7) is 3.71. The van der Waals surface area contributed by atoms with Gasteiger partial charge in [0, 0.05) is 18.7 Å². The van der Waals surface area contributed by atoms with Gasteiger partial charge in [0.25, 0.3) is 5.91 Å². The Hall–Kier alpha value is -1.40. The molecule has 0 aliphatic rings. The summed E-state index contributed by atoms with van der Waals surface area (Å²) in [7, 11) is -1.98. The van der Waals surface area contributed by atoms with Crippen LogP contribution in [0.1, 0.15) is 30.6 Å². The molecule has 0 bridgehead atoms. The van der Waals surface area contributed by atoms with Crippen LogP contribution in [0.5, 0.6) is 0 Å². The van der Waals surface area contributed by atoms with E-state index in [1.807, 2.05) is 6.92 Å². The fraction of sp³-hybridized carbons (Fsp3) is 0.417. The normalized spacial score (nSPS) is 13.1. The van der Waals surface area contributed by atoms with E-state index < -0.39 is 10.0 Å². The molecule has 0 saturated carbocycles. The van der Waals surface area contributed by atoms with E-state index in [4.69, 9.17) is 0 Å². The summed E-state index contributed by atoms with van der Waals surface area (Å²) in [5, 5.41) is 2.48. The lowest BCUT2D eigenvalue weighted by molar-refractivity contribution is 0.0963. The van der Waals surface area contributed by atoms with Crippen molar-refractivity contribution in [2.75, 3.05) is 7.05 Å². The zero-order valence-electron chi connectivity index (χ0n) is 10.7. The van der Waals surface area contributed by atoms with Gasteiger partial charge in [-0.15, -0.1) is 0 Å². The third-order valence-electron chi connectivity index (χ3n) is 2.62. The molecular weight excluding hydrogens is 252 g/mol. The topological polar surface area (TPSA) is 75.3 Å². The molecule has 0 aliphatic heterocycles. The quantitative estimate of drug-likeness (QED) is 0.842. The average molecular weight is 270 g/mol. The van der Waals surface area contributed by atoms with Gasteiger partial charge < -0.3 is 5.32 Å². The first-order valence-electron chi connectivity index (χ1n) is 5.75. The van der Waals surface area contributed by atoms with Crippen LogP contribution in [0.3, 0.4) is 0 Å². The molecule has 0 fully saturated rings. The van der Waals surface area contributed by atoms with E-state index in [-0.39, 0.29) is 16.8 Å². The van der Waals surface area contributed by atoms with Gasteiger partial charge in [-0.1, -0.05) is 6.92 Å². The van der Waals surface area contributed by atoms with Crippen molar-refractivity contribution in [2.24, 2.45) is 0 Å². The second kappa shape index (κ2) is 5.97. The summed E-state index contributed by atoms with van der Waals surface area (Å²) < 4.78 is 26.4. The van der Waals surface area contributed by atoms with Crippen molar-refractivity contribution in [3.8, 4) is 0 Å². The molecule has 1 aromatic carbocycles. The van der Waals surface area contributed by atoms with E-state index in [1.165, 1.54) is 31.3 Å². The van der Waals surface area contributed by atoms with Crippen LogP contribution in [0.25, 0.3) is 0 Å². The van der Waals surface area contributed by atoms with Gasteiger partial charge in [0.2, 0.25) is 10.0 Å². The molecule has 6 heteroatoms. The zero-order valence-corrected chi connectivity index (χ0v) is 11.5. The number of amides is 1. The summed E-state index contributed by atoms with van der Waals surface area (Å²) >= 11 is 0. The van der Waals surface area contributed by atoms with Crippen LogP contribution in [0.15, 0.2) is 29.2 Å². The van der Waals surface area contributed by atoms with Gasteiger partial charge in [-0.3, -0.25) is 4.79 Å². The minimum atomic E-state index is -3.50. The standard InChI is InChI=1S/C12H18N2O3S/c1-4-9(2)14-18(16,17)11-7-5-10(6-8-11)12(15)13-3/h5-9,14H,4H2,1-3H3,(H,13,15)/t9-/m0/s1. The van der Waals surface area contributed by atoms with Crippen LogP contribution in [-0.4, -0.2) is 27.4 Å². The summed E-state index contributed by atoms with van der Waals surface area (Å²) in [5.41, 5.74) is 0.431. The first-order chi connectivity index (χ1) is 8.40. The monoisotopic (exact) mass is 270 g/mol. The fourth-order valence-corrected chi connectivity index (χ4v) is 2.67. The highest BCUT2D eigenvalue weighted by Crippen LogP contribution is 2.11. The summed E-state index contributed by atoms with van der Waals surface area (Å²) in [5.74, 6) is -0.242. The van der Waals surface area contributed by atoms with Crippen LogP contribution in [0.2, 0.25) is 0 Å².